The average Bonchev–Trinajstić information content (AvgIpc) is 3.15. The Morgan fingerprint density at radius 3 is 1.35 bits per heavy atom. The van der Waals surface area contributed by atoms with E-state index in [1.807, 2.05) is 109 Å². The Labute approximate surface area is 270 Å². The molecule has 0 unspecified atom stereocenters. The lowest BCUT2D eigenvalue weighted by molar-refractivity contribution is 0.386. The smallest absolute Gasteiger partial charge is 0.194 e. The second kappa shape index (κ2) is 22.6. The van der Waals surface area contributed by atoms with E-state index < -0.39 is 0 Å². The molecule has 0 amide bonds. The molecule has 6 heteroatoms. The van der Waals surface area contributed by atoms with E-state index in [0.717, 1.165) is 16.8 Å². The van der Waals surface area contributed by atoms with Gasteiger partial charge in [-0.15, -0.1) is 0 Å². The van der Waals surface area contributed by atoms with Crippen LogP contribution in [0.1, 0.15) is 0 Å². The van der Waals surface area contributed by atoms with E-state index in [0.29, 0.717) is 11.5 Å². The van der Waals surface area contributed by atoms with E-state index in [4.69, 9.17) is 4.98 Å². The van der Waals surface area contributed by atoms with Crippen LogP contribution in [0.2, 0.25) is 0 Å². The second-order valence-corrected chi connectivity index (χ2v) is 8.36. The van der Waals surface area contributed by atoms with Crippen LogP contribution < -0.4 is 10.8 Å². The number of hydrogen-bond donors (Lipinski definition) is 3. The Morgan fingerprint density at radius 2 is 0.978 bits per heavy atom. The quantitative estimate of drug-likeness (QED) is 0.101. The largest absolute Gasteiger partial charge is 0.412 e. The molecule has 46 heavy (non-hydrogen) atoms. The van der Waals surface area contributed by atoms with Gasteiger partial charge in [0.25, 0.3) is 0 Å². The minimum atomic E-state index is 0. The molecule has 0 aliphatic heterocycles. The number of anilines is 2. The molecule has 0 saturated heterocycles. The number of rotatable bonds is 7. The van der Waals surface area contributed by atoms with E-state index in [1.165, 1.54) is 0 Å². The normalized spacial score (nSPS) is 9.41. The number of allylic oxidation sites excluding steroid dienone is 6. The van der Waals surface area contributed by atoms with Crippen LogP contribution in [-0.4, -0.2) is 20.7 Å². The Kier molecular flexibility index (Phi) is 17.3. The fourth-order valence-corrected chi connectivity index (χ4v) is 3.35. The van der Waals surface area contributed by atoms with Gasteiger partial charge in [0.2, 0.25) is 0 Å². The van der Waals surface area contributed by atoms with Crippen molar-refractivity contribution in [3.8, 4) is 22.5 Å². The van der Waals surface area contributed by atoms with Crippen molar-refractivity contribution in [3.63, 3.8) is 0 Å². The minimum absolute atomic E-state index is 0. The van der Waals surface area contributed by atoms with E-state index in [2.05, 4.69) is 81.7 Å². The summed E-state index contributed by atoms with van der Waals surface area (Å²) < 4.78 is 0. The molecular formula is C40H30N4O2. The highest BCUT2D eigenvalue weighted by atomic mass is 16.5. The standard InChI is InChI=1S/C22H20N4O.C6H6.C6H2.C6.H2O/c1-2-3-4-11-16-23-21-22(26-27)25-20(18-14-9-6-10-15-18)19(24-21)17-12-7-5-8-13-17;3*1-2-4-6-5-3-1;/h2-16,27H,1H2,(H,23,24)(H,25,26);1-6H;1-2H;;1H2/b4-3-,16-11-;;;;. The van der Waals surface area contributed by atoms with Gasteiger partial charge < -0.3 is 10.8 Å². The zero-order chi connectivity index (χ0) is 31.6. The Balaban J connectivity index is 0.000000310. The zero-order valence-corrected chi connectivity index (χ0v) is 24.8. The fourth-order valence-electron chi connectivity index (χ4n) is 3.35. The summed E-state index contributed by atoms with van der Waals surface area (Å²) >= 11 is 0. The molecule has 0 fully saturated rings. The van der Waals surface area contributed by atoms with Gasteiger partial charge in [-0.2, -0.15) is 0 Å². The van der Waals surface area contributed by atoms with Gasteiger partial charge in [0.1, 0.15) is 0 Å². The van der Waals surface area contributed by atoms with Crippen LogP contribution in [0.3, 0.4) is 0 Å². The average molecular weight is 599 g/mol. The number of aromatic nitrogens is 2. The lowest BCUT2D eigenvalue weighted by Crippen LogP contribution is -2.05. The SMILES string of the molecule is C1=C=C=CC=C=1.C=C/C=C\C=C/Nc1nc(-c2ccccc2)c(-c2ccccc2)nc1NO.O.c1c#cc#cc#1.c1ccccc1. The molecule has 1 aromatic heterocycles. The minimum Gasteiger partial charge on any atom is -0.412 e. The van der Waals surface area contributed by atoms with Crippen LogP contribution in [0.25, 0.3) is 22.5 Å². The summed E-state index contributed by atoms with van der Waals surface area (Å²) in [5.41, 5.74) is 15.9. The number of nitrogens with zero attached hydrogens (tertiary/aromatic N) is 2. The van der Waals surface area contributed by atoms with E-state index in [9.17, 15) is 5.21 Å². The van der Waals surface area contributed by atoms with Crippen molar-refractivity contribution < 1.29 is 10.7 Å². The number of nitrogens with one attached hydrogen (secondary N) is 2. The van der Waals surface area contributed by atoms with Crippen LogP contribution in [0.4, 0.5) is 11.6 Å². The molecule has 1 heterocycles. The zero-order valence-electron chi connectivity index (χ0n) is 24.8. The molecule has 6 rings (SSSR count). The number of hydrogen-bond acceptors (Lipinski definition) is 5. The monoisotopic (exact) mass is 598 g/mol. The van der Waals surface area contributed by atoms with Crippen molar-refractivity contribution in [2.45, 2.75) is 0 Å². The van der Waals surface area contributed by atoms with Gasteiger partial charge >= 0.3 is 0 Å². The summed E-state index contributed by atoms with van der Waals surface area (Å²) in [6.07, 6.45) is 12.3. The highest BCUT2D eigenvalue weighted by Crippen LogP contribution is 2.32. The van der Waals surface area contributed by atoms with Gasteiger partial charge in [0.05, 0.1) is 11.4 Å². The van der Waals surface area contributed by atoms with Gasteiger partial charge in [0.15, 0.2) is 11.6 Å². The molecule has 6 nitrogen and oxygen atoms in total. The van der Waals surface area contributed by atoms with Crippen molar-refractivity contribution in [3.05, 3.63) is 206 Å². The first kappa shape index (κ1) is 35.2. The van der Waals surface area contributed by atoms with Crippen LogP contribution in [0.15, 0.2) is 169 Å². The molecule has 1 aliphatic rings. The van der Waals surface area contributed by atoms with Crippen molar-refractivity contribution in [1.82, 2.24) is 9.97 Å². The van der Waals surface area contributed by atoms with Crippen molar-refractivity contribution in [2.75, 3.05) is 10.8 Å². The highest BCUT2D eigenvalue weighted by molar-refractivity contribution is 5.81. The van der Waals surface area contributed by atoms with Gasteiger partial charge in [0, 0.05) is 53.7 Å². The Bertz CT molecular complexity index is 1690. The van der Waals surface area contributed by atoms with Crippen LogP contribution in [0.5, 0.6) is 0 Å². The Hall–Kier alpha value is -6.98. The van der Waals surface area contributed by atoms with Crippen molar-refractivity contribution in [2.24, 2.45) is 0 Å². The van der Waals surface area contributed by atoms with Gasteiger partial charge in [-0.1, -0.05) is 133 Å². The summed E-state index contributed by atoms with van der Waals surface area (Å²) in [6.45, 7) is 3.62. The molecule has 1 aliphatic carbocycles. The third-order valence-corrected chi connectivity index (χ3v) is 5.27. The summed E-state index contributed by atoms with van der Waals surface area (Å²) in [4.78, 5) is 9.31. The topological polar surface area (TPSA) is 102 Å². The predicted octanol–water partition coefficient (Wildman–Crippen LogP) is 7.81. The Morgan fingerprint density at radius 1 is 0.565 bits per heavy atom. The molecule has 4 aromatic carbocycles. The molecule has 0 spiro atoms. The summed E-state index contributed by atoms with van der Waals surface area (Å²) in [7, 11) is 0. The fraction of sp³-hybridized carbons (Fsp3) is 0. The number of benzene rings is 3. The summed E-state index contributed by atoms with van der Waals surface area (Å²) in [5, 5.41) is 12.6. The van der Waals surface area contributed by atoms with Gasteiger partial charge in [-0.05, 0) is 29.7 Å². The van der Waals surface area contributed by atoms with E-state index in [-0.39, 0.29) is 11.3 Å². The lowest BCUT2D eigenvalue weighted by atomic mass is 10.0. The first-order valence-electron chi connectivity index (χ1n) is 13.6. The maximum Gasteiger partial charge on any atom is 0.194 e. The van der Waals surface area contributed by atoms with Crippen molar-refractivity contribution in [1.29, 1.82) is 0 Å². The molecule has 0 radical (unpaired) electrons. The third kappa shape index (κ3) is 13.3. The second-order valence-electron chi connectivity index (χ2n) is 8.36. The summed E-state index contributed by atoms with van der Waals surface area (Å²) in [6, 6.07) is 46.6. The lowest BCUT2D eigenvalue weighted by Gasteiger charge is -2.14. The summed E-state index contributed by atoms with van der Waals surface area (Å²) in [5.74, 6) is 0.658. The van der Waals surface area contributed by atoms with E-state index >= 15 is 0 Å². The van der Waals surface area contributed by atoms with Crippen LogP contribution >= 0.6 is 0 Å². The first-order chi connectivity index (χ1) is 22.3. The highest BCUT2D eigenvalue weighted by Gasteiger charge is 2.16. The van der Waals surface area contributed by atoms with Crippen molar-refractivity contribution >= 4 is 11.6 Å². The van der Waals surface area contributed by atoms with Gasteiger partial charge in [-0.25, -0.2) is 15.4 Å². The van der Waals surface area contributed by atoms with Crippen LogP contribution in [0, 0.1) is 36.4 Å². The first-order valence-corrected chi connectivity index (χ1v) is 13.6. The molecule has 0 bridgehead atoms. The molecule has 222 valence electrons. The molecule has 0 saturated carbocycles. The molecule has 5 aromatic rings. The maximum absolute atomic E-state index is 9.55. The van der Waals surface area contributed by atoms with Gasteiger partial charge in [-0.3, -0.25) is 5.21 Å². The third-order valence-electron chi connectivity index (χ3n) is 5.27. The molecule has 0 atom stereocenters. The van der Waals surface area contributed by atoms with Crippen LogP contribution in [-0.2, 0) is 0 Å². The molecular weight excluding hydrogens is 568 g/mol. The molecule has 5 N–H and O–H groups in total. The predicted molar refractivity (Wildman–Crippen MR) is 183 cm³/mol. The maximum atomic E-state index is 9.55. The van der Waals surface area contributed by atoms with E-state index in [1.54, 1.807) is 30.5 Å².